The second kappa shape index (κ2) is 2.71. The molecule has 0 spiro atoms. The van der Waals surface area contributed by atoms with Crippen LogP contribution in [0.25, 0.3) is 0 Å². The second-order valence-corrected chi connectivity index (χ2v) is 1.82. The van der Waals surface area contributed by atoms with E-state index in [1.165, 1.54) is 7.17 Å². The highest BCUT2D eigenvalue weighted by atomic mass is 15.4. The van der Waals surface area contributed by atoms with Crippen molar-refractivity contribution in [3.05, 3.63) is 11.9 Å². The first-order valence-electron chi connectivity index (χ1n) is 2.73. The zero-order valence-corrected chi connectivity index (χ0v) is 5.28. The Balaban J connectivity index is 2.61. The molecule has 1 aromatic heterocycles. The van der Waals surface area contributed by atoms with Gasteiger partial charge < -0.3 is 0 Å². The summed E-state index contributed by atoms with van der Waals surface area (Å²) >= 11 is 0. The van der Waals surface area contributed by atoms with Crippen LogP contribution in [0.3, 0.4) is 0 Å². The minimum Gasteiger partial charge on any atom is -0.261 e. The van der Waals surface area contributed by atoms with Gasteiger partial charge in [0.25, 0.3) is 0 Å². The molecule has 43 valence electrons. The summed E-state index contributed by atoms with van der Waals surface area (Å²) in [5.41, 5.74) is 0.914. The van der Waals surface area contributed by atoms with Gasteiger partial charge in [-0.05, 0) is 6.92 Å². The third kappa shape index (κ3) is 1.59. The van der Waals surface area contributed by atoms with E-state index in [-0.39, 0.29) is 0 Å². The molecule has 0 atom stereocenters. The number of hydrogen-bond donors (Lipinski definition) is 0. The van der Waals surface area contributed by atoms with E-state index in [4.69, 9.17) is 7.74 Å². The van der Waals surface area contributed by atoms with Gasteiger partial charge in [-0.1, -0.05) is 5.21 Å². The molecule has 0 aliphatic carbocycles. The van der Waals surface area contributed by atoms with E-state index in [9.17, 15) is 0 Å². The molecule has 1 rings (SSSR count). The van der Waals surface area contributed by atoms with Crippen molar-refractivity contribution in [2.75, 3.05) is 0 Å². The summed E-state index contributed by atoms with van der Waals surface area (Å²) in [5, 5.41) is 7.53. The SMILES string of the molecule is [B][B]Cn1cc(C)nn1. The van der Waals surface area contributed by atoms with Gasteiger partial charge in [0, 0.05) is 20.4 Å². The van der Waals surface area contributed by atoms with Crippen molar-refractivity contribution in [3.63, 3.8) is 0 Å². The number of aromatic nitrogens is 3. The molecule has 0 N–H and O–H groups in total. The standard InChI is InChI=1S/C4H6B2N3/c1-4-2-9(3-6-5)8-7-4/h2H,3H2,1H3. The molecule has 0 unspecified atom stereocenters. The maximum Gasteiger partial charge on any atom is 0.0839 e. The van der Waals surface area contributed by atoms with Crippen LogP contribution in [-0.4, -0.2) is 29.9 Å². The molecule has 0 saturated carbocycles. The van der Waals surface area contributed by atoms with Crippen LogP contribution in [0.1, 0.15) is 5.69 Å². The van der Waals surface area contributed by atoms with Crippen LogP contribution < -0.4 is 0 Å². The zero-order chi connectivity index (χ0) is 6.69. The predicted molar refractivity (Wildman–Crippen MR) is 36.3 cm³/mol. The molecule has 9 heavy (non-hydrogen) atoms. The van der Waals surface area contributed by atoms with E-state index >= 15 is 0 Å². The summed E-state index contributed by atoms with van der Waals surface area (Å²) < 4.78 is 1.68. The molecule has 3 nitrogen and oxygen atoms in total. The quantitative estimate of drug-likeness (QED) is 0.482. The fraction of sp³-hybridized carbons (Fsp3) is 0.500. The average Bonchev–Trinajstić information content (AvgIpc) is 2.17. The van der Waals surface area contributed by atoms with E-state index in [2.05, 4.69) is 10.3 Å². The molecule has 0 amide bonds. The van der Waals surface area contributed by atoms with Gasteiger partial charge >= 0.3 is 0 Å². The van der Waals surface area contributed by atoms with E-state index in [1.54, 1.807) is 4.68 Å². The highest BCUT2D eigenvalue weighted by Crippen LogP contribution is 1.86. The van der Waals surface area contributed by atoms with Gasteiger partial charge in [0.1, 0.15) is 0 Å². The average molecular weight is 118 g/mol. The first-order valence-corrected chi connectivity index (χ1v) is 2.73. The zero-order valence-electron chi connectivity index (χ0n) is 5.28. The van der Waals surface area contributed by atoms with Crippen LogP contribution in [0.15, 0.2) is 6.20 Å². The molecule has 0 aromatic carbocycles. The van der Waals surface area contributed by atoms with Gasteiger partial charge in [-0.3, -0.25) is 4.68 Å². The summed E-state index contributed by atoms with van der Waals surface area (Å²) in [7, 11) is 6.69. The number of aryl methyl sites for hydroxylation is 1. The first-order chi connectivity index (χ1) is 4.33. The lowest BCUT2D eigenvalue weighted by Crippen LogP contribution is -2.05. The third-order valence-corrected chi connectivity index (χ3v) is 0.946. The summed E-state index contributed by atoms with van der Waals surface area (Å²) in [6, 6.07) is 0. The minimum atomic E-state index is 0.626. The maximum absolute atomic E-state index is 5.16. The molecule has 1 heterocycles. The Morgan fingerprint density at radius 3 is 3.11 bits per heavy atom. The Kier molecular flexibility index (Phi) is 1.92. The highest BCUT2D eigenvalue weighted by molar-refractivity contribution is 6.88. The molecule has 5 heteroatoms. The fourth-order valence-corrected chi connectivity index (χ4v) is 0.593. The van der Waals surface area contributed by atoms with Crippen LogP contribution in [0.4, 0.5) is 0 Å². The van der Waals surface area contributed by atoms with Gasteiger partial charge in [-0.2, -0.15) is 0 Å². The van der Waals surface area contributed by atoms with Crippen molar-refractivity contribution < 1.29 is 0 Å². The van der Waals surface area contributed by atoms with Gasteiger partial charge in [-0.15, -0.1) is 5.10 Å². The summed E-state index contributed by atoms with van der Waals surface area (Å²) in [6.45, 7) is 1.89. The minimum absolute atomic E-state index is 0.626. The lowest BCUT2D eigenvalue weighted by Gasteiger charge is -1.90. The van der Waals surface area contributed by atoms with Crippen molar-refractivity contribution in [1.29, 1.82) is 0 Å². The topological polar surface area (TPSA) is 30.7 Å². The summed E-state index contributed by atoms with van der Waals surface area (Å²) in [5.74, 6) is 0. The van der Waals surface area contributed by atoms with Crippen LogP contribution in [0.2, 0.25) is 0 Å². The van der Waals surface area contributed by atoms with Crippen molar-refractivity contribution in [2.24, 2.45) is 0 Å². The number of rotatable bonds is 2. The number of hydrogen-bond acceptors (Lipinski definition) is 2. The lowest BCUT2D eigenvalue weighted by molar-refractivity contribution is 0.693. The van der Waals surface area contributed by atoms with Crippen molar-refractivity contribution in [2.45, 2.75) is 13.4 Å². The molecule has 3 radical (unpaired) electrons. The van der Waals surface area contributed by atoms with Crippen molar-refractivity contribution >= 4 is 14.9 Å². The van der Waals surface area contributed by atoms with Crippen LogP contribution in [0, 0.1) is 6.92 Å². The normalized spacial score (nSPS) is 9.44. The Morgan fingerprint density at radius 1 is 1.89 bits per heavy atom. The van der Waals surface area contributed by atoms with Crippen LogP contribution in [-0.2, 0) is 6.44 Å². The first kappa shape index (κ1) is 6.39. The molecule has 0 aliphatic rings. The Hall–Kier alpha value is -0.730. The van der Waals surface area contributed by atoms with E-state index in [0.717, 1.165) is 5.69 Å². The Labute approximate surface area is 56.1 Å². The van der Waals surface area contributed by atoms with Crippen molar-refractivity contribution in [1.82, 2.24) is 15.0 Å². The second-order valence-electron chi connectivity index (χ2n) is 1.82. The largest absolute Gasteiger partial charge is 0.261 e. The molecule has 0 aliphatic heterocycles. The van der Waals surface area contributed by atoms with Crippen LogP contribution in [0.5, 0.6) is 0 Å². The molecular weight excluding hydrogens is 112 g/mol. The molecule has 0 saturated heterocycles. The third-order valence-electron chi connectivity index (χ3n) is 0.946. The van der Waals surface area contributed by atoms with Gasteiger partial charge in [0.15, 0.2) is 0 Å². The van der Waals surface area contributed by atoms with Crippen LogP contribution >= 0.6 is 0 Å². The monoisotopic (exact) mass is 118 g/mol. The van der Waals surface area contributed by atoms with Gasteiger partial charge in [0.05, 0.1) is 12.9 Å². The Bertz CT molecular complexity index is 186. The predicted octanol–water partition coefficient (Wildman–Crippen LogP) is -0.668. The highest BCUT2D eigenvalue weighted by Gasteiger charge is 1.90. The van der Waals surface area contributed by atoms with Gasteiger partial charge in [0.2, 0.25) is 0 Å². The fourth-order valence-electron chi connectivity index (χ4n) is 0.593. The van der Waals surface area contributed by atoms with E-state index < -0.39 is 0 Å². The smallest absolute Gasteiger partial charge is 0.0839 e. The van der Waals surface area contributed by atoms with E-state index in [1.807, 2.05) is 13.1 Å². The van der Waals surface area contributed by atoms with Crippen molar-refractivity contribution in [3.8, 4) is 0 Å². The number of nitrogens with zero attached hydrogens (tertiary/aromatic N) is 3. The lowest BCUT2D eigenvalue weighted by atomic mass is 9.56. The summed E-state index contributed by atoms with van der Waals surface area (Å²) in [4.78, 5) is 0. The molecule has 0 bridgehead atoms. The van der Waals surface area contributed by atoms with Gasteiger partial charge in [-0.25, -0.2) is 0 Å². The Morgan fingerprint density at radius 2 is 2.67 bits per heavy atom. The summed E-state index contributed by atoms with van der Waals surface area (Å²) in [6.07, 6.45) is 2.46. The van der Waals surface area contributed by atoms with E-state index in [0.29, 0.717) is 6.44 Å². The molecule has 0 fully saturated rings. The molecular formula is C4H6B2N3. The molecule has 1 aromatic rings. The maximum atomic E-state index is 5.16.